The molecule has 0 aromatic carbocycles. The van der Waals surface area contributed by atoms with E-state index in [9.17, 15) is 4.79 Å². The topological polar surface area (TPSA) is 59.5 Å². The Morgan fingerprint density at radius 1 is 1.56 bits per heavy atom. The zero-order chi connectivity index (χ0) is 11.4. The van der Waals surface area contributed by atoms with Crippen molar-refractivity contribution in [3.8, 4) is 0 Å². The normalized spacial score (nSPS) is 21.1. The van der Waals surface area contributed by atoms with E-state index in [1.165, 1.54) is 12.7 Å². The molecule has 4 nitrogen and oxygen atoms in total. The van der Waals surface area contributed by atoms with Gasteiger partial charge in [0, 0.05) is 12.6 Å². The number of hydrogen-bond donors (Lipinski definition) is 1. The second-order valence-electron chi connectivity index (χ2n) is 4.20. The Morgan fingerprint density at radius 2 is 2.44 bits per heavy atom. The fourth-order valence-electron chi connectivity index (χ4n) is 2.30. The molecule has 4 heteroatoms. The van der Waals surface area contributed by atoms with Crippen molar-refractivity contribution in [1.29, 1.82) is 0 Å². The third-order valence-electron chi connectivity index (χ3n) is 3.12. The summed E-state index contributed by atoms with van der Waals surface area (Å²) in [7, 11) is 0. The van der Waals surface area contributed by atoms with E-state index < -0.39 is 0 Å². The second-order valence-corrected chi connectivity index (χ2v) is 4.20. The first-order chi connectivity index (χ1) is 7.83. The van der Waals surface area contributed by atoms with Crippen LogP contribution >= 0.6 is 0 Å². The summed E-state index contributed by atoms with van der Waals surface area (Å²) < 4.78 is 5.15. The minimum Gasteiger partial charge on any atom is -0.459 e. The largest absolute Gasteiger partial charge is 0.459 e. The maximum Gasteiger partial charge on any atom is 0.289 e. The van der Waals surface area contributed by atoms with Crippen LogP contribution in [0, 0.1) is 0 Å². The molecule has 0 aliphatic carbocycles. The van der Waals surface area contributed by atoms with Crippen LogP contribution in [-0.2, 0) is 0 Å². The van der Waals surface area contributed by atoms with Crippen LogP contribution in [0.3, 0.4) is 0 Å². The summed E-state index contributed by atoms with van der Waals surface area (Å²) in [6.45, 7) is 1.46. The van der Waals surface area contributed by atoms with Crippen LogP contribution in [0.25, 0.3) is 0 Å². The third kappa shape index (κ3) is 2.27. The number of carbonyl (C=O) groups is 1. The lowest BCUT2D eigenvalue weighted by atomic mass is 9.99. The maximum atomic E-state index is 12.1. The standard InChI is InChI=1S/C12H18N2O2/c13-7-6-10-4-1-2-8-14(10)12(15)11-5-3-9-16-11/h3,5,9-10H,1-2,4,6-8,13H2. The van der Waals surface area contributed by atoms with E-state index in [-0.39, 0.29) is 11.9 Å². The SMILES string of the molecule is NCCC1CCCCN1C(=O)c1ccco1. The van der Waals surface area contributed by atoms with Gasteiger partial charge in [0.2, 0.25) is 0 Å². The number of likely N-dealkylation sites (tertiary alicyclic amines) is 1. The van der Waals surface area contributed by atoms with Crippen LogP contribution in [0.15, 0.2) is 22.8 Å². The van der Waals surface area contributed by atoms with E-state index in [0.717, 1.165) is 25.8 Å². The zero-order valence-electron chi connectivity index (χ0n) is 9.39. The summed E-state index contributed by atoms with van der Waals surface area (Å²) in [6.07, 6.45) is 5.74. The van der Waals surface area contributed by atoms with Crippen molar-refractivity contribution < 1.29 is 9.21 Å². The van der Waals surface area contributed by atoms with Crippen molar-refractivity contribution in [2.75, 3.05) is 13.1 Å². The first kappa shape index (κ1) is 11.2. The highest BCUT2D eigenvalue weighted by atomic mass is 16.3. The van der Waals surface area contributed by atoms with Crippen molar-refractivity contribution in [3.63, 3.8) is 0 Å². The molecule has 1 atom stereocenters. The van der Waals surface area contributed by atoms with Gasteiger partial charge in [-0.15, -0.1) is 0 Å². The molecule has 1 saturated heterocycles. The molecule has 2 N–H and O–H groups in total. The van der Waals surface area contributed by atoms with Crippen LogP contribution < -0.4 is 5.73 Å². The molecule has 0 bridgehead atoms. The van der Waals surface area contributed by atoms with Crippen LogP contribution in [0.1, 0.15) is 36.2 Å². The van der Waals surface area contributed by atoms with Crippen LogP contribution in [0.4, 0.5) is 0 Å². The number of furan rings is 1. The molecular formula is C12H18N2O2. The molecule has 1 aliphatic heterocycles. The van der Waals surface area contributed by atoms with Gasteiger partial charge in [0.1, 0.15) is 0 Å². The second kappa shape index (κ2) is 5.16. The van der Waals surface area contributed by atoms with E-state index in [0.29, 0.717) is 12.3 Å². The molecule has 0 saturated carbocycles. The molecule has 0 spiro atoms. The summed E-state index contributed by atoms with van der Waals surface area (Å²) in [6, 6.07) is 3.75. The highest BCUT2D eigenvalue weighted by molar-refractivity contribution is 5.91. The van der Waals surface area contributed by atoms with Crippen LogP contribution in [0.2, 0.25) is 0 Å². The van der Waals surface area contributed by atoms with Gasteiger partial charge in [-0.05, 0) is 44.4 Å². The van der Waals surface area contributed by atoms with Crippen molar-refractivity contribution in [3.05, 3.63) is 24.2 Å². The third-order valence-corrected chi connectivity index (χ3v) is 3.12. The Balaban J connectivity index is 2.08. The van der Waals surface area contributed by atoms with E-state index in [1.807, 2.05) is 4.90 Å². The Bertz CT molecular complexity index is 333. The van der Waals surface area contributed by atoms with Crippen molar-refractivity contribution in [2.24, 2.45) is 5.73 Å². The van der Waals surface area contributed by atoms with Gasteiger partial charge in [0.25, 0.3) is 5.91 Å². The summed E-state index contributed by atoms with van der Waals surface area (Å²) >= 11 is 0. The quantitative estimate of drug-likeness (QED) is 0.845. The Morgan fingerprint density at radius 3 is 3.12 bits per heavy atom. The van der Waals surface area contributed by atoms with Gasteiger partial charge in [-0.3, -0.25) is 4.79 Å². The highest BCUT2D eigenvalue weighted by Crippen LogP contribution is 2.21. The molecule has 16 heavy (non-hydrogen) atoms. The Hall–Kier alpha value is -1.29. The number of carbonyl (C=O) groups excluding carboxylic acids is 1. The minimum absolute atomic E-state index is 0.00292. The lowest BCUT2D eigenvalue weighted by Gasteiger charge is -2.35. The van der Waals surface area contributed by atoms with Crippen LogP contribution in [0.5, 0.6) is 0 Å². The molecule has 1 fully saturated rings. The smallest absolute Gasteiger partial charge is 0.289 e. The summed E-state index contributed by atoms with van der Waals surface area (Å²) in [5, 5.41) is 0. The summed E-state index contributed by atoms with van der Waals surface area (Å²) in [5.41, 5.74) is 5.58. The summed E-state index contributed by atoms with van der Waals surface area (Å²) in [4.78, 5) is 14.0. The first-order valence-electron chi connectivity index (χ1n) is 5.87. The van der Waals surface area contributed by atoms with Crippen molar-refractivity contribution in [1.82, 2.24) is 4.90 Å². The van der Waals surface area contributed by atoms with E-state index in [1.54, 1.807) is 12.1 Å². The number of amides is 1. The zero-order valence-corrected chi connectivity index (χ0v) is 9.39. The molecule has 2 heterocycles. The Labute approximate surface area is 95.4 Å². The molecule has 2 rings (SSSR count). The highest BCUT2D eigenvalue weighted by Gasteiger charge is 2.27. The van der Waals surface area contributed by atoms with Crippen molar-refractivity contribution >= 4 is 5.91 Å². The molecule has 1 amide bonds. The number of nitrogens with two attached hydrogens (primary N) is 1. The number of rotatable bonds is 3. The van der Waals surface area contributed by atoms with Gasteiger partial charge in [-0.25, -0.2) is 0 Å². The van der Waals surface area contributed by atoms with E-state index in [2.05, 4.69) is 0 Å². The molecule has 1 aromatic rings. The fourth-order valence-corrected chi connectivity index (χ4v) is 2.30. The molecule has 88 valence electrons. The fraction of sp³-hybridized carbons (Fsp3) is 0.583. The number of nitrogens with zero attached hydrogens (tertiary/aromatic N) is 1. The lowest BCUT2D eigenvalue weighted by molar-refractivity contribution is 0.0572. The Kier molecular flexibility index (Phi) is 3.62. The number of piperidine rings is 1. The van der Waals surface area contributed by atoms with E-state index >= 15 is 0 Å². The van der Waals surface area contributed by atoms with Gasteiger partial charge >= 0.3 is 0 Å². The van der Waals surface area contributed by atoms with Crippen LogP contribution in [-0.4, -0.2) is 29.9 Å². The minimum atomic E-state index is 0.00292. The predicted molar refractivity (Wildman–Crippen MR) is 61.1 cm³/mol. The van der Waals surface area contributed by atoms with Gasteiger partial charge in [-0.2, -0.15) is 0 Å². The first-order valence-corrected chi connectivity index (χ1v) is 5.87. The summed E-state index contributed by atoms with van der Waals surface area (Å²) in [5.74, 6) is 0.437. The lowest BCUT2D eigenvalue weighted by Crippen LogP contribution is -2.44. The van der Waals surface area contributed by atoms with Crippen molar-refractivity contribution in [2.45, 2.75) is 31.7 Å². The van der Waals surface area contributed by atoms with Gasteiger partial charge < -0.3 is 15.1 Å². The molecule has 1 aromatic heterocycles. The molecule has 0 radical (unpaired) electrons. The average Bonchev–Trinajstić information content (AvgIpc) is 2.83. The number of hydrogen-bond acceptors (Lipinski definition) is 3. The predicted octanol–water partition coefficient (Wildman–Crippen LogP) is 1.62. The molecule has 1 aliphatic rings. The van der Waals surface area contributed by atoms with Gasteiger partial charge in [0.05, 0.1) is 6.26 Å². The monoisotopic (exact) mass is 222 g/mol. The maximum absolute atomic E-state index is 12.1. The van der Waals surface area contributed by atoms with Gasteiger partial charge in [0.15, 0.2) is 5.76 Å². The molecular weight excluding hydrogens is 204 g/mol. The van der Waals surface area contributed by atoms with E-state index in [4.69, 9.17) is 10.2 Å². The average molecular weight is 222 g/mol. The van der Waals surface area contributed by atoms with Gasteiger partial charge in [-0.1, -0.05) is 0 Å². The molecule has 1 unspecified atom stereocenters.